The monoisotopic (exact) mass is 259 g/mol. The summed E-state index contributed by atoms with van der Waals surface area (Å²) in [6.45, 7) is 4.45. The Balaban J connectivity index is 4.11. The van der Waals surface area contributed by atoms with Crippen molar-refractivity contribution >= 4 is 17.9 Å². The molecule has 2 atom stereocenters. The fourth-order valence-corrected chi connectivity index (χ4v) is 1.16. The van der Waals surface area contributed by atoms with Crippen LogP contribution in [0.5, 0.6) is 0 Å². The van der Waals surface area contributed by atoms with Crippen LogP contribution in [0.15, 0.2) is 0 Å². The summed E-state index contributed by atoms with van der Waals surface area (Å²) >= 11 is 0. The Labute approximate surface area is 106 Å². The lowest BCUT2D eigenvalue weighted by Crippen LogP contribution is -2.47. The molecule has 3 amide bonds. The highest BCUT2D eigenvalue weighted by Gasteiger charge is 2.20. The van der Waals surface area contributed by atoms with Crippen LogP contribution in [0, 0.1) is 5.92 Å². The number of aliphatic carboxylic acids is 1. The number of amides is 3. The van der Waals surface area contributed by atoms with Crippen LogP contribution in [-0.2, 0) is 9.59 Å². The highest BCUT2D eigenvalue weighted by molar-refractivity contribution is 5.83. The van der Waals surface area contributed by atoms with Crippen molar-refractivity contribution in [3.05, 3.63) is 0 Å². The third-order valence-corrected chi connectivity index (χ3v) is 2.59. The van der Waals surface area contributed by atoms with Crippen LogP contribution in [-0.4, -0.2) is 35.6 Å². The molecule has 0 aliphatic carbocycles. The summed E-state index contributed by atoms with van der Waals surface area (Å²) in [5.41, 5.74) is 4.93. The van der Waals surface area contributed by atoms with Crippen molar-refractivity contribution < 1.29 is 19.5 Å². The predicted molar refractivity (Wildman–Crippen MR) is 65.8 cm³/mol. The quantitative estimate of drug-likeness (QED) is 0.492. The first kappa shape index (κ1) is 16.2. The van der Waals surface area contributed by atoms with Gasteiger partial charge >= 0.3 is 12.0 Å². The standard InChI is InChI=1S/C11H21N3O4/c1-3-7(2)6-13-11(18)14-8(10(16)17)4-5-9(12)15/h7-8H,3-6H2,1-2H3,(H2,12,15)(H,16,17)(H2,13,14,18)/t7?,8-/m0/s1. The smallest absolute Gasteiger partial charge is 0.326 e. The van der Waals surface area contributed by atoms with E-state index in [0.29, 0.717) is 12.5 Å². The fraction of sp³-hybridized carbons (Fsp3) is 0.727. The Hall–Kier alpha value is -1.79. The number of nitrogens with two attached hydrogens (primary N) is 1. The minimum absolute atomic E-state index is 0.0125. The van der Waals surface area contributed by atoms with Crippen molar-refractivity contribution in [2.45, 2.75) is 39.2 Å². The van der Waals surface area contributed by atoms with Crippen LogP contribution < -0.4 is 16.4 Å². The Kier molecular flexibility index (Phi) is 7.50. The first-order valence-corrected chi connectivity index (χ1v) is 5.92. The lowest BCUT2D eigenvalue weighted by molar-refractivity contribution is -0.139. The maximum atomic E-state index is 11.4. The molecule has 0 radical (unpaired) electrons. The Morgan fingerprint density at radius 1 is 1.33 bits per heavy atom. The van der Waals surface area contributed by atoms with Gasteiger partial charge in [-0.05, 0) is 12.3 Å². The number of carbonyl (C=O) groups is 3. The molecular formula is C11H21N3O4. The number of hydrogen-bond acceptors (Lipinski definition) is 3. The van der Waals surface area contributed by atoms with Gasteiger partial charge in [0.2, 0.25) is 5.91 Å². The van der Waals surface area contributed by atoms with Gasteiger partial charge in [-0.1, -0.05) is 20.3 Å². The molecule has 18 heavy (non-hydrogen) atoms. The number of hydrogen-bond donors (Lipinski definition) is 4. The maximum absolute atomic E-state index is 11.4. The lowest BCUT2D eigenvalue weighted by atomic mass is 10.1. The van der Waals surface area contributed by atoms with E-state index in [2.05, 4.69) is 10.6 Å². The molecule has 0 aromatic carbocycles. The maximum Gasteiger partial charge on any atom is 0.326 e. The predicted octanol–water partition coefficient (Wildman–Crippen LogP) is 0.0504. The molecule has 0 aliphatic heterocycles. The second-order valence-electron chi connectivity index (χ2n) is 4.26. The van der Waals surface area contributed by atoms with Crippen LogP contribution >= 0.6 is 0 Å². The van der Waals surface area contributed by atoms with E-state index >= 15 is 0 Å². The van der Waals surface area contributed by atoms with Gasteiger partial charge in [-0.25, -0.2) is 9.59 Å². The summed E-state index contributed by atoms with van der Waals surface area (Å²) in [6.07, 6.45) is 0.828. The van der Waals surface area contributed by atoms with Gasteiger partial charge in [-0.2, -0.15) is 0 Å². The molecule has 0 aromatic heterocycles. The Bertz CT molecular complexity index is 307. The van der Waals surface area contributed by atoms with Crippen LogP contribution in [0.3, 0.4) is 0 Å². The van der Waals surface area contributed by atoms with E-state index in [1.54, 1.807) is 0 Å². The van der Waals surface area contributed by atoms with Gasteiger partial charge in [0.15, 0.2) is 0 Å². The number of primary amides is 1. The summed E-state index contributed by atoms with van der Waals surface area (Å²) in [5.74, 6) is -1.46. The number of nitrogens with one attached hydrogen (secondary N) is 2. The molecule has 5 N–H and O–H groups in total. The van der Waals surface area contributed by atoms with Crippen LogP contribution in [0.2, 0.25) is 0 Å². The molecule has 7 heteroatoms. The van der Waals surface area contributed by atoms with Crippen molar-refractivity contribution in [1.82, 2.24) is 10.6 Å². The average molecular weight is 259 g/mol. The third-order valence-electron chi connectivity index (χ3n) is 2.59. The van der Waals surface area contributed by atoms with Gasteiger partial charge in [0.1, 0.15) is 6.04 Å². The van der Waals surface area contributed by atoms with E-state index < -0.39 is 23.9 Å². The zero-order valence-corrected chi connectivity index (χ0v) is 10.7. The number of carbonyl (C=O) groups excluding carboxylic acids is 2. The normalized spacial score (nSPS) is 13.4. The molecule has 0 aromatic rings. The Morgan fingerprint density at radius 2 is 1.94 bits per heavy atom. The molecule has 0 spiro atoms. The summed E-state index contributed by atoms with van der Waals surface area (Å²) in [5, 5.41) is 13.7. The zero-order valence-electron chi connectivity index (χ0n) is 10.7. The minimum Gasteiger partial charge on any atom is -0.480 e. The van der Waals surface area contributed by atoms with Crippen molar-refractivity contribution in [1.29, 1.82) is 0 Å². The highest BCUT2D eigenvalue weighted by Crippen LogP contribution is 1.99. The van der Waals surface area contributed by atoms with Crippen LogP contribution in [0.1, 0.15) is 33.1 Å². The van der Waals surface area contributed by atoms with Gasteiger partial charge in [0, 0.05) is 13.0 Å². The van der Waals surface area contributed by atoms with Gasteiger partial charge in [0.25, 0.3) is 0 Å². The van der Waals surface area contributed by atoms with Crippen molar-refractivity contribution in [3.63, 3.8) is 0 Å². The lowest BCUT2D eigenvalue weighted by Gasteiger charge is -2.16. The van der Waals surface area contributed by atoms with Crippen molar-refractivity contribution in [2.24, 2.45) is 11.7 Å². The van der Waals surface area contributed by atoms with E-state index in [0.717, 1.165) is 6.42 Å². The van der Waals surface area contributed by atoms with Gasteiger partial charge in [-0.3, -0.25) is 4.79 Å². The molecule has 0 fully saturated rings. The molecule has 104 valence electrons. The largest absolute Gasteiger partial charge is 0.480 e. The highest BCUT2D eigenvalue weighted by atomic mass is 16.4. The molecule has 7 nitrogen and oxygen atoms in total. The molecule has 1 unspecified atom stereocenters. The van der Waals surface area contributed by atoms with Gasteiger partial charge in [-0.15, -0.1) is 0 Å². The number of carboxylic acids is 1. The van der Waals surface area contributed by atoms with E-state index in [9.17, 15) is 14.4 Å². The first-order chi connectivity index (χ1) is 8.36. The SMILES string of the molecule is CCC(C)CNC(=O)N[C@@H](CCC(N)=O)C(=O)O. The average Bonchev–Trinajstić information content (AvgIpc) is 2.30. The van der Waals surface area contributed by atoms with E-state index in [1.807, 2.05) is 13.8 Å². The number of rotatable bonds is 8. The zero-order chi connectivity index (χ0) is 14.1. The molecular weight excluding hydrogens is 238 g/mol. The van der Waals surface area contributed by atoms with Crippen molar-refractivity contribution in [2.75, 3.05) is 6.54 Å². The first-order valence-electron chi connectivity index (χ1n) is 5.92. The van der Waals surface area contributed by atoms with E-state index in [-0.39, 0.29) is 12.8 Å². The fourth-order valence-electron chi connectivity index (χ4n) is 1.16. The molecule has 0 aliphatic rings. The third kappa shape index (κ3) is 7.48. The molecule has 0 saturated heterocycles. The summed E-state index contributed by atoms with van der Waals surface area (Å²) in [6, 6.07) is -1.65. The second-order valence-corrected chi connectivity index (χ2v) is 4.26. The van der Waals surface area contributed by atoms with Crippen LogP contribution in [0.4, 0.5) is 4.79 Å². The number of urea groups is 1. The summed E-state index contributed by atoms with van der Waals surface area (Å²) < 4.78 is 0. The summed E-state index contributed by atoms with van der Waals surface area (Å²) in [7, 11) is 0. The van der Waals surface area contributed by atoms with Crippen LogP contribution in [0.25, 0.3) is 0 Å². The topological polar surface area (TPSA) is 122 Å². The van der Waals surface area contributed by atoms with Gasteiger partial charge < -0.3 is 21.5 Å². The molecule has 0 rings (SSSR count). The number of carboxylic acid groups (broad SMARTS) is 1. The van der Waals surface area contributed by atoms with E-state index in [4.69, 9.17) is 10.8 Å². The van der Waals surface area contributed by atoms with Crippen molar-refractivity contribution in [3.8, 4) is 0 Å². The summed E-state index contributed by atoms with van der Waals surface area (Å²) in [4.78, 5) is 32.8. The van der Waals surface area contributed by atoms with E-state index in [1.165, 1.54) is 0 Å². The molecule has 0 heterocycles. The molecule has 0 bridgehead atoms. The van der Waals surface area contributed by atoms with Gasteiger partial charge in [0.05, 0.1) is 0 Å². The second kappa shape index (κ2) is 8.32. The molecule has 0 saturated carbocycles. The minimum atomic E-state index is -1.19. The Morgan fingerprint density at radius 3 is 2.39 bits per heavy atom.